The van der Waals surface area contributed by atoms with E-state index < -0.39 is 35.8 Å². The second-order valence-corrected chi connectivity index (χ2v) is 6.39. The molecule has 3 rings (SSSR count). The standard InChI is InChI=1S/C19H18F2N2O4/c20-15-6-5-13(7-16(15)21)17-8-14(24)10-23(17)19(27)22-9-11-1-3-12(4-2-11)18(25)26/h1-7,14,17,24H,8-10H2,(H,22,27)(H,25,26). The molecule has 0 aromatic heterocycles. The van der Waals surface area contributed by atoms with Gasteiger partial charge in [-0.2, -0.15) is 0 Å². The molecular weight excluding hydrogens is 358 g/mol. The second kappa shape index (κ2) is 7.71. The molecule has 27 heavy (non-hydrogen) atoms. The quantitative estimate of drug-likeness (QED) is 0.765. The Balaban J connectivity index is 1.68. The van der Waals surface area contributed by atoms with Gasteiger partial charge in [-0.1, -0.05) is 18.2 Å². The molecule has 2 atom stereocenters. The van der Waals surface area contributed by atoms with Crippen LogP contribution in [0.25, 0.3) is 0 Å². The van der Waals surface area contributed by atoms with Crippen molar-refractivity contribution >= 4 is 12.0 Å². The number of nitrogens with zero attached hydrogens (tertiary/aromatic N) is 1. The number of aromatic carboxylic acids is 1. The largest absolute Gasteiger partial charge is 0.478 e. The Hall–Kier alpha value is -3.00. The smallest absolute Gasteiger partial charge is 0.335 e. The molecule has 0 bridgehead atoms. The van der Waals surface area contributed by atoms with E-state index in [0.717, 1.165) is 12.1 Å². The van der Waals surface area contributed by atoms with Crippen molar-refractivity contribution in [2.24, 2.45) is 0 Å². The molecule has 1 heterocycles. The minimum Gasteiger partial charge on any atom is -0.478 e. The molecule has 2 amide bonds. The number of nitrogens with one attached hydrogen (secondary N) is 1. The van der Waals surface area contributed by atoms with Crippen LogP contribution in [0.1, 0.15) is 33.9 Å². The van der Waals surface area contributed by atoms with Crippen molar-refractivity contribution in [3.05, 3.63) is 70.8 Å². The Morgan fingerprint density at radius 3 is 2.44 bits per heavy atom. The van der Waals surface area contributed by atoms with Crippen LogP contribution in [-0.2, 0) is 6.54 Å². The molecule has 0 aliphatic carbocycles. The third-order valence-corrected chi connectivity index (χ3v) is 4.51. The normalized spacial score (nSPS) is 19.1. The van der Waals surface area contributed by atoms with Crippen molar-refractivity contribution in [1.29, 1.82) is 0 Å². The van der Waals surface area contributed by atoms with Crippen molar-refractivity contribution in [1.82, 2.24) is 10.2 Å². The summed E-state index contributed by atoms with van der Waals surface area (Å²) in [6.07, 6.45) is -0.532. The van der Waals surface area contributed by atoms with Gasteiger partial charge >= 0.3 is 12.0 Å². The van der Waals surface area contributed by atoms with Crippen LogP contribution < -0.4 is 5.32 Å². The minimum atomic E-state index is -1.04. The lowest BCUT2D eigenvalue weighted by atomic mass is 10.0. The van der Waals surface area contributed by atoms with Crippen LogP contribution in [0.2, 0.25) is 0 Å². The summed E-state index contributed by atoms with van der Waals surface area (Å²) in [6.45, 7) is 0.239. The highest BCUT2D eigenvalue weighted by molar-refractivity contribution is 5.87. The van der Waals surface area contributed by atoms with Gasteiger partial charge in [0.1, 0.15) is 0 Å². The number of aliphatic hydroxyl groups excluding tert-OH is 1. The molecule has 3 N–H and O–H groups in total. The molecule has 0 spiro atoms. The summed E-state index contributed by atoms with van der Waals surface area (Å²) in [4.78, 5) is 24.7. The lowest BCUT2D eigenvalue weighted by molar-refractivity contribution is 0.0696. The molecule has 2 unspecified atom stereocenters. The number of hydrogen-bond donors (Lipinski definition) is 3. The molecule has 1 fully saturated rings. The number of urea groups is 1. The van der Waals surface area contributed by atoms with Crippen molar-refractivity contribution in [3.63, 3.8) is 0 Å². The number of β-amino-alcohol motifs (C(OH)–C–C–N with tert-alkyl or cyclic N) is 1. The number of carbonyl (C=O) groups excluding carboxylic acids is 1. The Bertz CT molecular complexity index is 857. The van der Waals surface area contributed by atoms with Gasteiger partial charge < -0.3 is 20.4 Å². The number of likely N-dealkylation sites (tertiary alicyclic amines) is 1. The van der Waals surface area contributed by atoms with Crippen molar-refractivity contribution in [2.45, 2.75) is 25.1 Å². The van der Waals surface area contributed by atoms with E-state index in [0.29, 0.717) is 11.1 Å². The lowest BCUT2D eigenvalue weighted by Crippen LogP contribution is -2.39. The van der Waals surface area contributed by atoms with E-state index in [1.54, 1.807) is 12.1 Å². The fourth-order valence-corrected chi connectivity index (χ4v) is 3.12. The first-order valence-electron chi connectivity index (χ1n) is 8.35. The van der Waals surface area contributed by atoms with Crippen LogP contribution in [0.5, 0.6) is 0 Å². The Kier molecular flexibility index (Phi) is 5.36. The van der Waals surface area contributed by atoms with Crippen molar-refractivity contribution < 1.29 is 28.6 Å². The summed E-state index contributed by atoms with van der Waals surface area (Å²) < 4.78 is 26.7. The molecule has 142 valence electrons. The number of carboxylic acids is 1. The van der Waals surface area contributed by atoms with E-state index in [2.05, 4.69) is 5.32 Å². The van der Waals surface area contributed by atoms with E-state index in [-0.39, 0.29) is 25.1 Å². The molecule has 0 saturated carbocycles. The van der Waals surface area contributed by atoms with Crippen LogP contribution in [0.15, 0.2) is 42.5 Å². The maximum absolute atomic E-state index is 13.5. The fraction of sp³-hybridized carbons (Fsp3) is 0.263. The van der Waals surface area contributed by atoms with Gasteiger partial charge in [0.25, 0.3) is 0 Å². The highest BCUT2D eigenvalue weighted by Crippen LogP contribution is 2.32. The van der Waals surface area contributed by atoms with E-state index in [9.17, 15) is 23.5 Å². The Morgan fingerprint density at radius 2 is 1.81 bits per heavy atom. The number of hydrogen-bond acceptors (Lipinski definition) is 3. The molecule has 1 aliphatic rings. The molecule has 2 aromatic carbocycles. The summed E-state index contributed by atoms with van der Waals surface area (Å²) in [5.41, 5.74) is 1.26. The second-order valence-electron chi connectivity index (χ2n) is 6.39. The third kappa shape index (κ3) is 4.22. The zero-order chi connectivity index (χ0) is 19.6. The highest BCUT2D eigenvalue weighted by Gasteiger charge is 2.35. The predicted octanol–water partition coefficient (Wildman–Crippen LogP) is 2.68. The summed E-state index contributed by atoms with van der Waals surface area (Å²) in [6, 6.07) is 8.46. The van der Waals surface area contributed by atoms with Gasteiger partial charge in [0.2, 0.25) is 0 Å². The first-order chi connectivity index (χ1) is 12.8. The van der Waals surface area contributed by atoms with Crippen LogP contribution in [0.3, 0.4) is 0 Å². The lowest BCUT2D eigenvalue weighted by Gasteiger charge is -2.25. The maximum atomic E-state index is 13.5. The summed E-state index contributed by atoms with van der Waals surface area (Å²) in [7, 11) is 0. The van der Waals surface area contributed by atoms with Gasteiger partial charge in [-0.05, 0) is 41.8 Å². The predicted molar refractivity (Wildman–Crippen MR) is 92.1 cm³/mol. The molecule has 1 aliphatic heterocycles. The molecule has 1 saturated heterocycles. The monoisotopic (exact) mass is 376 g/mol. The van der Waals surface area contributed by atoms with Gasteiger partial charge in [-0.15, -0.1) is 0 Å². The van der Waals surface area contributed by atoms with Crippen LogP contribution in [0, 0.1) is 11.6 Å². The van der Waals surface area contributed by atoms with Crippen molar-refractivity contribution in [2.75, 3.05) is 6.54 Å². The average molecular weight is 376 g/mol. The van der Waals surface area contributed by atoms with Gasteiger partial charge in [0.15, 0.2) is 11.6 Å². The number of carboxylic acid groups (broad SMARTS) is 1. The number of rotatable bonds is 4. The highest BCUT2D eigenvalue weighted by atomic mass is 19.2. The number of halogens is 2. The fourth-order valence-electron chi connectivity index (χ4n) is 3.12. The van der Waals surface area contributed by atoms with Crippen LogP contribution in [-0.4, -0.2) is 39.8 Å². The number of carbonyl (C=O) groups is 2. The first-order valence-corrected chi connectivity index (χ1v) is 8.35. The zero-order valence-corrected chi connectivity index (χ0v) is 14.2. The summed E-state index contributed by atoms with van der Waals surface area (Å²) in [5.74, 6) is -3.02. The van der Waals surface area contributed by atoms with Crippen LogP contribution >= 0.6 is 0 Å². The Labute approximate surface area is 154 Å². The topological polar surface area (TPSA) is 89.9 Å². The summed E-state index contributed by atoms with van der Waals surface area (Å²) in [5, 5.41) is 21.5. The van der Waals surface area contributed by atoms with Gasteiger partial charge in [0, 0.05) is 13.1 Å². The Morgan fingerprint density at radius 1 is 1.11 bits per heavy atom. The van der Waals surface area contributed by atoms with Gasteiger partial charge in [-0.3, -0.25) is 0 Å². The molecular formula is C19H18F2N2O4. The first kappa shape index (κ1) is 18.8. The van der Waals surface area contributed by atoms with Crippen LogP contribution in [0.4, 0.5) is 13.6 Å². The van der Waals surface area contributed by atoms with E-state index in [1.807, 2.05) is 0 Å². The summed E-state index contributed by atoms with van der Waals surface area (Å²) >= 11 is 0. The average Bonchev–Trinajstić information content (AvgIpc) is 3.04. The van der Waals surface area contributed by atoms with E-state index >= 15 is 0 Å². The molecule has 6 nitrogen and oxygen atoms in total. The van der Waals surface area contributed by atoms with Crippen molar-refractivity contribution in [3.8, 4) is 0 Å². The number of benzene rings is 2. The molecule has 2 aromatic rings. The SMILES string of the molecule is O=C(O)c1ccc(CNC(=O)N2CC(O)CC2c2ccc(F)c(F)c2)cc1. The number of aliphatic hydroxyl groups is 1. The minimum absolute atomic E-state index is 0.0768. The third-order valence-electron chi connectivity index (χ3n) is 4.51. The number of amides is 2. The van der Waals surface area contributed by atoms with Gasteiger partial charge in [0.05, 0.1) is 17.7 Å². The zero-order valence-electron chi connectivity index (χ0n) is 14.2. The maximum Gasteiger partial charge on any atom is 0.335 e. The van der Waals surface area contributed by atoms with E-state index in [1.165, 1.54) is 23.1 Å². The molecule has 0 radical (unpaired) electrons. The van der Waals surface area contributed by atoms with Gasteiger partial charge in [-0.25, -0.2) is 18.4 Å². The molecule has 8 heteroatoms. The van der Waals surface area contributed by atoms with E-state index in [4.69, 9.17) is 5.11 Å².